The molecule has 8 heteroatoms. The first-order valence-corrected chi connectivity index (χ1v) is 8.83. The highest BCUT2D eigenvalue weighted by atomic mass is 16.5. The fraction of sp³-hybridized carbons (Fsp3) is 0.611. The van der Waals surface area contributed by atoms with Crippen LogP contribution in [0.2, 0.25) is 0 Å². The van der Waals surface area contributed by atoms with Crippen LogP contribution in [-0.4, -0.2) is 56.1 Å². The molecule has 1 aliphatic heterocycles. The zero-order valence-corrected chi connectivity index (χ0v) is 15.9. The van der Waals surface area contributed by atoms with E-state index in [-0.39, 0.29) is 59.8 Å². The van der Waals surface area contributed by atoms with Gasteiger partial charge in [-0.15, -0.1) is 0 Å². The zero-order chi connectivity index (χ0) is 19.4. The Kier molecular flexibility index (Phi) is 6.55. The number of aryl methyl sites for hydroxylation is 1. The lowest BCUT2D eigenvalue weighted by Gasteiger charge is -2.31. The maximum atomic E-state index is 12.4. The first kappa shape index (κ1) is 20.1. The normalized spacial score (nSPS) is 22.7. The number of furan rings is 1. The maximum Gasteiger partial charge on any atom is 0.344 e. The van der Waals surface area contributed by atoms with Crippen LogP contribution in [0.15, 0.2) is 4.42 Å². The molecule has 1 aromatic heterocycles. The molecule has 0 aliphatic carbocycles. The molecule has 144 valence electrons. The summed E-state index contributed by atoms with van der Waals surface area (Å²) in [6, 6.07) is 0. The van der Waals surface area contributed by atoms with Crippen molar-refractivity contribution in [3.63, 3.8) is 0 Å². The second-order valence-corrected chi connectivity index (χ2v) is 6.65. The van der Waals surface area contributed by atoms with E-state index >= 15 is 0 Å². The Balaban J connectivity index is 2.17. The molecule has 1 fully saturated rings. The molecule has 1 saturated heterocycles. The molecule has 1 aliphatic rings. The molecule has 0 radical (unpaired) electrons. The van der Waals surface area contributed by atoms with Crippen LogP contribution in [0.25, 0.3) is 0 Å². The van der Waals surface area contributed by atoms with Gasteiger partial charge in [0.05, 0.1) is 12.2 Å². The Bertz CT molecular complexity index is 686. The Morgan fingerprint density at radius 2 is 1.81 bits per heavy atom. The predicted molar refractivity (Wildman–Crippen MR) is 93.6 cm³/mol. The van der Waals surface area contributed by atoms with Crippen molar-refractivity contribution in [3.8, 4) is 0 Å². The van der Waals surface area contributed by atoms with Gasteiger partial charge >= 0.3 is 5.97 Å². The number of rotatable bonds is 6. The van der Waals surface area contributed by atoms with Crippen molar-refractivity contribution in [2.24, 2.45) is 0 Å². The van der Waals surface area contributed by atoms with E-state index in [0.717, 1.165) is 18.0 Å². The van der Waals surface area contributed by atoms with E-state index in [2.05, 4.69) is 5.32 Å². The van der Waals surface area contributed by atoms with Crippen LogP contribution in [0, 0.1) is 6.92 Å². The van der Waals surface area contributed by atoms with E-state index < -0.39 is 5.97 Å². The number of anilines is 1. The molecule has 0 spiro atoms. The number of ether oxygens (including phenoxy) is 2. The molecule has 2 heterocycles. The lowest BCUT2D eigenvalue weighted by Crippen LogP contribution is -3.16. The summed E-state index contributed by atoms with van der Waals surface area (Å²) in [6.45, 7) is 10.3. The molecule has 8 nitrogen and oxygen atoms in total. The van der Waals surface area contributed by atoms with E-state index in [1.807, 2.05) is 13.8 Å². The van der Waals surface area contributed by atoms with E-state index in [9.17, 15) is 14.4 Å². The van der Waals surface area contributed by atoms with Crippen LogP contribution >= 0.6 is 0 Å². The number of morpholine rings is 1. The summed E-state index contributed by atoms with van der Waals surface area (Å²) in [7, 11) is 0. The smallest absolute Gasteiger partial charge is 0.344 e. The van der Waals surface area contributed by atoms with Crippen LogP contribution in [0.3, 0.4) is 0 Å². The third kappa shape index (κ3) is 4.70. The van der Waals surface area contributed by atoms with Gasteiger partial charge in [0.15, 0.2) is 12.3 Å². The summed E-state index contributed by atoms with van der Waals surface area (Å²) in [5.74, 6) is -1.07. The van der Waals surface area contributed by atoms with Crippen LogP contribution in [-0.2, 0) is 14.3 Å². The van der Waals surface area contributed by atoms with Gasteiger partial charge in [-0.25, -0.2) is 4.79 Å². The van der Waals surface area contributed by atoms with Gasteiger partial charge in [-0.1, -0.05) is 0 Å². The fourth-order valence-corrected chi connectivity index (χ4v) is 3.39. The number of ketones is 1. The number of nitrogens with one attached hydrogen (secondary N) is 2. The number of quaternary nitrogens is 1. The minimum atomic E-state index is -0.689. The summed E-state index contributed by atoms with van der Waals surface area (Å²) >= 11 is 0. The van der Waals surface area contributed by atoms with Gasteiger partial charge in [-0.05, 0) is 34.6 Å². The van der Waals surface area contributed by atoms with Gasteiger partial charge in [-0.3, -0.25) is 14.9 Å². The Morgan fingerprint density at radius 3 is 2.35 bits per heavy atom. The zero-order valence-electron chi connectivity index (χ0n) is 15.9. The van der Waals surface area contributed by atoms with Gasteiger partial charge in [0, 0.05) is 0 Å². The largest absolute Gasteiger partial charge is 0.462 e. The summed E-state index contributed by atoms with van der Waals surface area (Å²) < 4.78 is 16.2. The van der Waals surface area contributed by atoms with E-state index in [1.165, 1.54) is 6.92 Å². The molecule has 1 amide bonds. The molecule has 0 bridgehead atoms. The maximum absolute atomic E-state index is 12.4. The number of hydrogen-bond donors (Lipinski definition) is 2. The number of carbonyl (C=O) groups excluding carboxylic acids is 3. The fourth-order valence-electron chi connectivity index (χ4n) is 3.39. The number of esters is 1. The second-order valence-electron chi connectivity index (χ2n) is 6.65. The van der Waals surface area contributed by atoms with Crippen molar-refractivity contribution in [1.29, 1.82) is 0 Å². The summed E-state index contributed by atoms with van der Waals surface area (Å²) in [5.41, 5.74) is 0.114. The van der Waals surface area contributed by atoms with Gasteiger partial charge < -0.3 is 18.8 Å². The molecule has 26 heavy (non-hydrogen) atoms. The Labute approximate surface area is 152 Å². The lowest BCUT2D eigenvalue weighted by molar-refractivity contribution is -0.907. The first-order valence-electron chi connectivity index (χ1n) is 8.83. The van der Waals surface area contributed by atoms with Gasteiger partial charge in [0.25, 0.3) is 5.91 Å². The first-order chi connectivity index (χ1) is 12.2. The molecule has 2 N–H and O–H groups in total. The minimum Gasteiger partial charge on any atom is -0.462 e. The predicted octanol–water partition coefficient (Wildman–Crippen LogP) is 0.598. The molecule has 0 saturated carbocycles. The number of amides is 1. The minimum absolute atomic E-state index is 0.0242. The van der Waals surface area contributed by atoms with Crippen molar-refractivity contribution in [3.05, 3.63) is 16.9 Å². The van der Waals surface area contributed by atoms with Gasteiger partial charge in [0.1, 0.15) is 36.6 Å². The lowest BCUT2D eigenvalue weighted by atomic mass is 10.1. The summed E-state index contributed by atoms with van der Waals surface area (Å²) in [4.78, 5) is 37.7. The SMILES string of the molecule is CCOC(=O)c1c(NC(=O)C[NH+]2C[C@H](C)O[C@@H](C)C2)oc(C)c1C(C)=O. The number of Topliss-reactive ketones (excluding diaryl/α,β-unsaturated/α-hetero) is 1. The molecule has 2 rings (SSSR count). The molecule has 2 atom stereocenters. The monoisotopic (exact) mass is 367 g/mol. The van der Waals surface area contributed by atoms with Crippen molar-refractivity contribution in [1.82, 2.24) is 0 Å². The van der Waals surface area contributed by atoms with Crippen LogP contribution < -0.4 is 10.2 Å². The van der Waals surface area contributed by atoms with Crippen LogP contribution in [0.5, 0.6) is 0 Å². The second kappa shape index (κ2) is 8.46. The number of hydrogen-bond acceptors (Lipinski definition) is 6. The highest BCUT2D eigenvalue weighted by Crippen LogP contribution is 2.28. The van der Waals surface area contributed by atoms with Crippen LogP contribution in [0.4, 0.5) is 5.88 Å². The average molecular weight is 367 g/mol. The molecule has 0 aromatic carbocycles. The highest BCUT2D eigenvalue weighted by molar-refractivity contribution is 6.10. The Hall–Kier alpha value is -2.19. The van der Waals surface area contributed by atoms with Gasteiger partial charge in [-0.2, -0.15) is 0 Å². The standard InChI is InChI=1S/C18H26N2O6/c1-6-24-18(23)16-15(12(4)21)13(5)26-17(16)19-14(22)9-20-7-10(2)25-11(3)8-20/h10-11H,6-9H2,1-5H3,(H,19,22)/p+1/t10-,11-/m0/s1. The van der Waals surface area contributed by atoms with E-state index in [1.54, 1.807) is 13.8 Å². The summed E-state index contributed by atoms with van der Waals surface area (Å²) in [5, 5.41) is 2.62. The van der Waals surface area contributed by atoms with Gasteiger partial charge in [0.2, 0.25) is 5.88 Å². The van der Waals surface area contributed by atoms with Crippen molar-refractivity contribution in [2.45, 2.75) is 46.8 Å². The molecular formula is C18H27N2O6+. The van der Waals surface area contributed by atoms with E-state index in [4.69, 9.17) is 13.9 Å². The third-order valence-corrected chi connectivity index (χ3v) is 4.20. The summed E-state index contributed by atoms with van der Waals surface area (Å²) in [6.07, 6.45) is 0.152. The van der Waals surface area contributed by atoms with Crippen molar-refractivity contribution < 1.29 is 33.2 Å². The van der Waals surface area contributed by atoms with Crippen LogP contribution in [0.1, 0.15) is 54.2 Å². The highest BCUT2D eigenvalue weighted by Gasteiger charge is 2.31. The molecular weight excluding hydrogens is 340 g/mol. The Morgan fingerprint density at radius 1 is 1.19 bits per heavy atom. The quantitative estimate of drug-likeness (QED) is 0.564. The topological polar surface area (TPSA) is 99.3 Å². The third-order valence-electron chi connectivity index (χ3n) is 4.20. The van der Waals surface area contributed by atoms with Crippen molar-refractivity contribution in [2.75, 3.05) is 31.6 Å². The molecule has 0 unspecified atom stereocenters. The average Bonchev–Trinajstić information content (AvgIpc) is 2.82. The van der Waals surface area contributed by atoms with E-state index in [0.29, 0.717) is 0 Å². The number of carbonyl (C=O) groups is 3. The molecule has 1 aromatic rings. The van der Waals surface area contributed by atoms with Crippen molar-refractivity contribution >= 4 is 23.5 Å².